The normalized spacial score (nSPS) is 10.4. The van der Waals surface area contributed by atoms with E-state index in [1.165, 1.54) is 0 Å². The van der Waals surface area contributed by atoms with Crippen molar-refractivity contribution in [2.45, 2.75) is 32.8 Å². The summed E-state index contributed by atoms with van der Waals surface area (Å²) in [6.45, 7) is 5.56. The summed E-state index contributed by atoms with van der Waals surface area (Å²) in [5.41, 5.74) is 0.893. The zero-order valence-electron chi connectivity index (χ0n) is 10.9. The minimum Gasteiger partial charge on any atom is -0.456 e. The van der Waals surface area contributed by atoms with Crippen LogP contribution in [0.25, 0.3) is 0 Å². The molecular formula is C15H17BrO2. The molecule has 0 amide bonds. The lowest BCUT2D eigenvalue weighted by atomic mass is 10.1. The van der Waals surface area contributed by atoms with E-state index < -0.39 is 5.60 Å². The highest BCUT2D eigenvalue weighted by Crippen LogP contribution is 2.13. The summed E-state index contributed by atoms with van der Waals surface area (Å²) in [5, 5.41) is 0.853. The fourth-order valence-electron chi connectivity index (χ4n) is 1.27. The van der Waals surface area contributed by atoms with Gasteiger partial charge in [0.15, 0.2) is 0 Å². The molecule has 0 saturated heterocycles. The lowest BCUT2D eigenvalue weighted by molar-refractivity contribution is 0.00695. The van der Waals surface area contributed by atoms with Crippen molar-refractivity contribution in [1.82, 2.24) is 0 Å². The van der Waals surface area contributed by atoms with Crippen molar-refractivity contribution < 1.29 is 9.53 Å². The van der Waals surface area contributed by atoms with Crippen molar-refractivity contribution in [1.29, 1.82) is 0 Å². The number of hydrogen-bond acceptors (Lipinski definition) is 2. The van der Waals surface area contributed by atoms with Gasteiger partial charge in [0.1, 0.15) is 5.60 Å². The third-order valence-corrected chi connectivity index (χ3v) is 2.35. The van der Waals surface area contributed by atoms with Crippen molar-refractivity contribution >= 4 is 21.9 Å². The van der Waals surface area contributed by atoms with E-state index in [2.05, 4.69) is 27.8 Å². The highest BCUT2D eigenvalue weighted by Gasteiger charge is 2.17. The van der Waals surface area contributed by atoms with Gasteiger partial charge in [-0.2, -0.15) is 0 Å². The topological polar surface area (TPSA) is 26.3 Å². The van der Waals surface area contributed by atoms with E-state index in [-0.39, 0.29) is 5.97 Å². The molecule has 0 aliphatic rings. The maximum absolute atomic E-state index is 11.9. The minimum atomic E-state index is -0.477. The van der Waals surface area contributed by atoms with Crippen LogP contribution in [0.5, 0.6) is 0 Å². The van der Waals surface area contributed by atoms with Gasteiger partial charge < -0.3 is 4.74 Å². The van der Waals surface area contributed by atoms with Crippen molar-refractivity contribution in [3.05, 3.63) is 35.4 Å². The predicted molar refractivity (Wildman–Crippen MR) is 76.9 cm³/mol. The van der Waals surface area contributed by atoms with Crippen molar-refractivity contribution in [2.75, 3.05) is 5.33 Å². The molecule has 0 aliphatic carbocycles. The van der Waals surface area contributed by atoms with Crippen LogP contribution in [0.2, 0.25) is 0 Å². The Hall–Kier alpha value is -1.27. The van der Waals surface area contributed by atoms with E-state index in [1.807, 2.05) is 32.9 Å². The molecule has 96 valence electrons. The highest BCUT2D eigenvalue weighted by atomic mass is 79.9. The molecule has 1 aromatic carbocycles. The van der Waals surface area contributed by atoms with Gasteiger partial charge >= 0.3 is 5.97 Å². The molecule has 0 radical (unpaired) electrons. The maximum Gasteiger partial charge on any atom is 0.338 e. The molecule has 0 unspecified atom stereocenters. The molecule has 0 saturated carbocycles. The summed E-state index contributed by atoms with van der Waals surface area (Å²) >= 11 is 3.32. The number of alkyl halides is 1. The van der Waals surface area contributed by atoms with Crippen LogP contribution in [0.15, 0.2) is 24.3 Å². The van der Waals surface area contributed by atoms with Gasteiger partial charge in [-0.05, 0) is 39.0 Å². The van der Waals surface area contributed by atoms with E-state index in [0.29, 0.717) is 5.56 Å². The number of benzene rings is 1. The zero-order valence-corrected chi connectivity index (χ0v) is 12.5. The average molecular weight is 309 g/mol. The van der Waals surface area contributed by atoms with Gasteiger partial charge in [-0.3, -0.25) is 0 Å². The maximum atomic E-state index is 11.9. The smallest absolute Gasteiger partial charge is 0.338 e. The number of carbonyl (C=O) groups is 1. The second-order valence-electron chi connectivity index (χ2n) is 4.82. The lowest BCUT2D eigenvalue weighted by Gasteiger charge is -2.19. The van der Waals surface area contributed by atoms with Crippen LogP contribution >= 0.6 is 15.9 Å². The van der Waals surface area contributed by atoms with Crippen molar-refractivity contribution in [3.8, 4) is 11.8 Å². The van der Waals surface area contributed by atoms with E-state index in [1.54, 1.807) is 12.1 Å². The molecule has 0 fully saturated rings. The third kappa shape index (κ3) is 5.37. The van der Waals surface area contributed by atoms with E-state index >= 15 is 0 Å². The third-order valence-electron chi connectivity index (χ3n) is 1.95. The van der Waals surface area contributed by atoms with Gasteiger partial charge in [0.2, 0.25) is 0 Å². The molecule has 3 heteroatoms. The van der Waals surface area contributed by atoms with Gasteiger partial charge in [-0.15, -0.1) is 0 Å². The van der Waals surface area contributed by atoms with Crippen molar-refractivity contribution in [2.24, 2.45) is 0 Å². The Bertz CT molecular complexity index is 475. The van der Waals surface area contributed by atoms with Crippen LogP contribution in [0.3, 0.4) is 0 Å². The minimum absolute atomic E-state index is 0.313. The van der Waals surface area contributed by atoms with Crippen LogP contribution in [-0.2, 0) is 4.74 Å². The first-order valence-electron chi connectivity index (χ1n) is 5.80. The van der Waals surface area contributed by atoms with Gasteiger partial charge in [0.25, 0.3) is 0 Å². The molecule has 1 rings (SSSR count). The first-order valence-corrected chi connectivity index (χ1v) is 6.93. The molecule has 0 aliphatic heterocycles. The Morgan fingerprint density at radius 1 is 1.39 bits per heavy atom. The summed E-state index contributed by atoms with van der Waals surface area (Å²) in [7, 11) is 0. The average Bonchev–Trinajstić information content (AvgIpc) is 2.27. The quantitative estimate of drug-likeness (QED) is 0.472. The molecule has 0 heterocycles. The fraction of sp³-hybridized carbons (Fsp3) is 0.400. The molecule has 1 aromatic rings. The molecule has 0 spiro atoms. The Morgan fingerprint density at radius 3 is 2.72 bits per heavy atom. The first-order chi connectivity index (χ1) is 8.42. The fourth-order valence-corrected chi connectivity index (χ4v) is 1.47. The SMILES string of the molecule is CC(C)(C)OC(=O)c1cccc(C#CCCBr)c1. The van der Waals surface area contributed by atoms with Gasteiger partial charge in [-0.25, -0.2) is 4.79 Å². The number of rotatable bonds is 2. The lowest BCUT2D eigenvalue weighted by Crippen LogP contribution is -2.23. The first kappa shape index (κ1) is 14.8. The van der Waals surface area contributed by atoms with Crippen LogP contribution in [0.1, 0.15) is 43.1 Å². The summed E-state index contributed by atoms with van der Waals surface area (Å²) < 4.78 is 5.31. The van der Waals surface area contributed by atoms with Crippen molar-refractivity contribution in [3.63, 3.8) is 0 Å². The summed E-state index contributed by atoms with van der Waals surface area (Å²) in [4.78, 5) is 11.9. The highest BCUT2D eigenvalue weighted by molar-refractivity contribution is 9.09. The van der Waals surface area contributed by atoms with Gasteiger partial charge in [0.05, 0.1) is 5.56 Å². The Kier molecular flexibility index (Phi) is 5.43. The number of ether oxygens (including phenoxy) is 1. The van der Waals surface area contributed by atoms with Crippen LogP contribution in [-0.4, -0.2) is 16.9 Å². The molecule has 2 nitrogen and oxygen atoms in total. The second-order valence-corrected chi connectivity index (χ2v) is 5.62. The second kappa shape index (κ2) is 6.61. The Balaban J connectivity index is 2.83. The van der Waals surface area contributed by atoms with Crippen LogP contribution < -0.4 is 0 Å². The molecule has 0 aromatic heterocycles. The monoisotopic (exact) mass is 308 g/mol. The molecule has 0 bridgehead atoms. The van der Waals surface area contributed by atoms with Crippen LogP contribution in [0, 0.1) is 11.8 Å². The van der Waals surface area contributed by atoms with Gasteiger partial charge in [0, 0.05) is 17.3 Å². The molecule has 0 atom stereocenters. The largest absolute Gasteiger partial charge is 0.456 e. The van der Waals surface area contributed by atoms with Gasteiger partial charge in [-0.1, -0.05) is 33.8 Å². The van der Waals surface area contributed by atoms with E-state index in [4.69, 9.17) is 4.74 Å². The van der Waals surface area contributed by atoms with Crippen LogP contribution in [0.4, 0.5) is 0 Å². The molecular weight excluding hydrogens is 292 g/mol. The summed E-state index contributed by atoms with van der Waals surface area (Å²) in [6, 6.07) is 7.20. The zero-order chi connectivity index (χ0) is 13.6. The van der Waals surface area contributed by atoms with E-state index in [0.717, 1.165) is 17.3 Å². The number of hydrogen-bond donors (Lipinski definition) is 0. The summed E-state index contributed by atoms with van der Waals surface area (Å²) in [5.74, 6) is 5.72. The molecule has 18 heavy (non-hydrogen) atoms. The number of esters is 1. The standard InChI is InChI=1S/C15H17BrO2/c1-15(2,3)18-14(17)13-9-6-8-12(11-13)7-4-5-10-16/h6,8-9,11H,5,10H2,1-3H3. The Morgan fingerprint density at radius 2 is 2.11 bits per heavy atom. The number of halogens is 1. The summed E-state index contributed by atoms with van der Waals surface area (Å²) in [6.07, 6.45) is 0.788. The van der Waals surface area contributed by atoms with E-state index in [9.17, 15) is 4.79 Å². The Labute approximate surface area is 117 Å². The predicted octanol–water partition coefficient (Wildman–Crippen LogP) is 3.78. The molecule has 0 N–H and O–H groups in total. The number of carbonyl (C=O) groups excluding carboxylic acids is 1.